The van der Waals surface area contributed by atoms with Crippen molar-refractivity contribution in [1.82, 2.24) is 19.9 Å². The van der Waals surface area contributed by atoms with Gasteiger partial charge in [0.25, 0.3) is 0 Å². The van der Waals surface area contributed by atoms with Crippen molar-refractivity contribution in [3.63, 3.8) is 0 Å². The summed E-state index contributed by atoms with van der Waals surface area (Å²) >= 11 is 6.14. The molecule has 1 N–H and O–H groups in total. The van der Waals surface area contributed by atoms with E-state index >= 15 is 0 Å². The third-order valence-corrected chi connectivity index (χ3v) is 7.75. The molecule has 0 spiro atoms. The van der Waals surface area contributed by atoms with Gasteiger partial charge in [-0.15, -0.1) is 5.10 Å². The lowest BCUT2D eigenvalue weighted by Crippen LogP contribution is -2.47. The van der Waals surface area contributed by atoms with Crippen LogP contribution in [-0.4, -0.2) is 50.2 Å². The topological polar surface area (TPSA) is 80.5 Å². The van der Waals surface area contributed by atoms with Crippen LogP contribution < -0.4 is 0 Å². The number of hydrogen-bond acceptors (Lipinski definition) is 6. The van der Waals surface area contributed by atoms with Crippen LogP contribution in [0.15, 0.2) is 60.8 Å². The summed E-state index contributed by atoms with van der Waals surface area (Å²) in [5.41, 5.74) is 2.24. The lowest BCUT2D eigenvalue weighted by molar-refractivity contribution is -0.0154. The number of rotatable bonds is 7. The Balaban J connectivity index is 1.29. The number of aliphatic hydroxyl groups is 1. The maximum absolute atomic E-state index is 12.3. The second-order valence-electron chi connectivity index (χ2n) is 10.0. The predicted molar refractivity (Wildman–Crippen MR) is 138 cm³/mol. The molecule has 7 nitrogen and oxygen atoms in total. The van der Waals surface area contributed by atoms with Gasteiger partial charge in [-0.1, -0.05) is 66.4 Å². The zero-order valence-corrected chi connectivity index (χ0v) is 21.1. The molecule has 5 rings (SSSR count). The van der Waals surface area contributed by atoms with Crippen molar-refractivity contribution >= 4 is 17.6 Å². The summed E-state index contributed by atoms with van der Waals surface area (Å²) in [6.07, 6.45) is 8.26. The molecule has 1 aliphatic heterocycles. The fourth-order valence-corrected chi connectivity index (χ4v) is 5.68. The Bertz CT molecular complexity index is 1130. The summed E-state index contributed by atoms with van der Waals surface area (Å²) in [4.78, 5) is 14.8. The molecule has 2 heterocycles. The smallest absolute Gasteiger partial charge is 0.338 e. The van der Waals surface area contributed by atoms with Gasteiger partial charge in [0.15, 0.2) is 0 Å². The van der Waals surface area contributed by atoms with Gasteiger partial charge in [-0.25, -0.2) is 9.48 Å². The van der Waals surface area contributed by atoms with Crippen LogP contribution in [-0.2, 0) is 11.3 Å². The quantitative estimate of drug-likeness (QED) is 0.441. The minimum atomic E-state index is -0.574. The molecular formula is C28H33ClN4O3. The first kappa shape index (κ1) is 24.9. The first-order valence-corrected chi connectivity index (χ1v) is 13.2. The van der Waals surface area contributed by atoms with Crippen molar-refractivity contribution in [2.45, 2.75) is 63.3 Å². The Hall–Kier alpha value is -2.74. The molecule has 0 unspecified atom stereocenters. The molecule has 1 aromatic heterocycles. The first-order chi connectivity index (χ1) is 17.6. The van der Waals surface area contributed by atoms with Gasteiger partial charge in [0.05, 0.1) is 23.9 Å². The normalized spacial score (nSPS) is 23.4. The maximum Gasteiger partial charge on any atom is 0.338 e. The van der Waals surface area contributed by atoms with E-state index in [0.717, 1.165) is 11.6 Å². The zero-order valence-electron chi connectivity index (χ0n) is 20.4. The largest absolute Gasteiger partial charge is 0.455 e. The van der Waals surface area contributed by atoms with Crippen LogP contribution >= 0.6 is 11.6 Å². The number of carbonyl (C=O) groups is 1. The van der Waals surface area contributed by atoms with Gasteiger partial charge < -0.3 is 9.84 Å². The first-order valence-electron chi connectivity index (χ1n) is 12.9. The van der Waals surface area contributed by atoms with Gasteiger partial charge in [0.1, 0.15) is 12.3 Å². The fourth-order valence-electron chi connectivity index (χ4n) is 5.56. The summed E-state index contributed by atoms with van der Waals surface area (Å²) in [6.45, 7) is 1.72. The van der Waals surface area contributed by atoms with E-state index in [1.807, 2.05) is 18.2 Å². The molecule has 190 valence electrons. The Labute approximate surface area is 217 Å². The number of piperidine rings is 1. The number of aliphatic hydroxyl groups excluding tert-OH is 1. The van der Waals surface area contributed by atoms with Crippen LogP contribution in [0.2, 0.25) is 5.02 Å². The number of likely N-dealkylation sites (tertiary alicyclic amines) is 1. The minimum absolute atomic E-state index is 0.0374. The summed E-state index contributed by atoms with van der Waals surface area (Å²) in [5.74, 6) is 0.278. The number of hydrogen-bond donors (Lipinski definition) is 1. The summed E-state index contributed by atoms with van der Waals surface area (Å²) in [6, 6.07) is 16.8. The standard InChI is InChI=1S/C28H33ClN4O3/c29-23-13-11-21(12-14-23)25-15-27(34)26(18-32(25)16-20-7-3-1-4-8-20)33-17-24(30-31-33)19-36-28(35)22-9-5-2-6-10-22/h2,5-6,9-14,17,20,25-27,34H,1,3-4,7-8,15-16,18-19H2/t25-,26+,27+/m1/s1. The summed E-state index contributed by atoms with van der Waals surface area (Å²) in [5, 5.41) is 20.4. The highest BCUT2D eigenvalue weighted by molar-refractivity contribution is 6.30. The molecule has 8 heteroatoms. The zero-order chi connectivity index (χ0) is 24.9. The molecule has 3 atom stereocenters. The Morgan fingerprint density at radius 1 is 1.06 bits per heavy atom. The lowest BCUT2D eigenvalue weighted by atomic mass is 9.85. The van der Waals surface area contributed by atoms with Gasteiger partial charge in [0, 0.05) is 24.2 Å². The molecule has 3 aromatic rings. The summed E-state index contributed by atoms with van der Waals surface area (Å²) < 4.78 is 7.15. The predicted octanol–water partition coefficient (Wildman–Crippen LogP) is 5.22. The van der Waals surface area contributed by atoms with E-state index in [0.29, 0.717) is 30.1 Å². The van der Waals surface area contributed by atoms with Crippen LogP contribution in [0, 0.1) is 5.92 Å². The Morgan fingerprint density at radius 3 is 2.56 bits per heavy atom. The van der Waals surface area contributed by atoms with Crippen LogP contribution in [0.25, 0.3) is 0 Å². The number of aromatic nitrogens is 3. The van der Waals surface area contributed by atoms with Gasteiger partial charge in [0.2, 0.25) is 0 Å². The molecule has 1 aliphatic carbocycles. The Kier molecular flexibility index (Phi) is 7.99. The van der Waals surface area contributed by atoms with E-state index in [2.05, 4.69) is 27.3 Å². The number of benzene rings is 2. The molecule has 36 heavy (non-hydrogen) atoms. The molecule has 1 saturated heterocycles. The number of esters is 1. The molecular weight excluding hydrogens is 476 g/mol. The van der Waals surface area contributed by atoms with Crippen molar-refractivity contribution in [3.05, 3.63) is 82.6 Å². The van der Waals surface area contributed by atoms with Crippen LogP contribution in [0.1, 0.15) is 72.2 Å². The third-order valence-electron chi connectivity index (χ3n) is 7.50. The number of ether oxygens (including phenoxy) is 1. The molecule has 2 aliphatic rings. The van der Waals surface area contributed by atoms with Crippen molar-refractivity contribution in [2.24, 2.45) is 5.92 Å². The van der Waals surface area contributed by atoms with Crippen LogP contribution in [0.3, 0.4) is 0 Å². The number of carbonyl (C=O) groups excluding carboxylic acids is 1. The van der Waals surface area contributed by atoms with Crippen LogP contribution in [0.5, 0.6) is 0 Å². The highest BCUT2D eigenvalue weighted by Crippen LogP contribution is 2.38. The van der Waals surface area contributed by atoms with Crippen molar-refractivity contribution < 1.29 is 14.6 Å². The molecule has 2 fully saturated rings. The highest BCUT2D eigenvalue weighted by atomic mass is 35.5. The average Bonchev–Trinajstić information content (AvgIpc) is 3.38. The van der Waals surface area contributed by atoms with E-state index < -0.39 is 12.1 Å². The highest BCUT2D eigenvalue weighted by Gasteiger charge is 2.38. The van der Waals surface area contributed by atoms with Crippen molar-refractivity contribution in [3.8, 4) is 0 Å². The monoisotopic (exact) mass is 508 g/mol. The molecule has 2 aromatic carbocycles. The van der Waals surface area contributed by atoms with Crippen molar-refractivity contribution in [2.75, 3.05) is 13.1 Å². The van der Waals surface area contributed by atoms with E-state index in [4.69, 9.17) is 16.3 Å². The second-order valence-corrected chi connectivity index (χ2v) is 10.5. The van der Waals surface area contributed by atoms with Gasteiger partial charge >= 0.3 is 5.97 Å². The number of nitrogens with zero attached hydrogens (tertiary/aromatic N) is 4. The Morgan fingerprint density at radius 2 is 1.81 bits per heavy atom. The average molecular weight is 509 g/mol. The molecule has 1 saturated carbocycles. The van der Waals surface area contributed by atoms with Gasteiger partial charge in [-0.3, -0.25) is 4.90 Å². The van der Waals surface area contributed by atoms with E-state index in [1.165, 1.54) is 37.7 Å². The lowest BCUT2D eigenvalue weighted by Gasteiger charge is -2.44. The maximum atomic E-state index is 12.3. The van der Waals surface area contributed by atoms with Crippen LogP contribution in [0.4, 0.5) is 0 Å². The summed E-state index contributed by atoms with van der Waals surface area (Å²) in [7, 11) is 0. The molecule has 0 amide bonds. The molecule has 0 radical (unpaired) electrons. The third kappa shape index (κ3) is 5.97. The fraction of sp³-hybridized carbons (Fsp3) is 0.464. The van der Waals surface area contributed by atoms with E-state index in [1.54, 1.807) is 35.1 Å². The SMILES string of the molecule is O=C(OCc1cn([C@H]2CN(CC3CCCCC3)[C@@H](c3ccc(Cl)cc3)C[C@@H]2O)nn1)c1ccccc1. The number of halogens is 1. The molecule has 0 bridgehead atoms. The van der Waals surface area contributed by atoms with Gasteiger partial charge in [-0.2, -0.15) is 0 Å². The minimum Gasteiger partial charge on any atom is -0.455 e. The van der Waals surface area contributed by atoms with E-state index in [9.17, 15) is 9.90 Å². The van der Waals surface area contributed by atoms with Crippen molar-refractivity contribution in [1.29, 1.82) is 0 Å². The van der Waals surface area contributed by atoms with E-state index in [-0.39, 0.29) is 18.7 Å². The second kappa shape index (κ2) is 11.5. The van der Waals surface area contributed by atoms with Gasteiger partial charge in [-0.05, 0) is 55.0 Å².